The van der Waals surface area contributed by atoms with Gasteiger partial charge in [-0.15, -0.1) is 0 Å². The molecule has 1 atom stereocenters. The van der Waals surface area contributed by atoms with Gasteiger partial charge in [0.25, 0.3) is 0 Å². The topological polar surface area (TPSA) is 118 Å². The highest BCUT2D eigenvalue weighted by atomic mass is 16.5. The molecule has 3 N–H and O–H groups in total. The first kappa shape index (κ1) is 28.9. The fourth-order valence-electron chi connectivity index (χ4n) is 4.62. The lowest BCUT2D eigenvalue weighted by Crippen LogP contribution is -2.39. The summed E-state index contributed by atoms with van der Waals surface area (Å²) in [4.78, 5) is 26.0. The van der Waals surface area contributed by atoms with E-state index in [9.17, 15) is 14.7 Å². The lowest BCUT2D eigenvalue weighted by molar-refractivity contribution is -0.122. The van der Waals surface area contributed by atoms with Gasteiger partial charge in [0.15, 0.2) is 11.3 Å². The van der Waals surface area contributed by atoms with Crippen LogP contribution in [0.5, 0.6) is 5.75 Å². The molecule has 40 heavy (non-hydrogen) atoms. The van der Waals surface area contributed by atoms with Crippen LogP contribution >= 0.6 is 0 Å². The molecule has 8 nitrogen and oxygen atoms in total. The van der Waals surface area contributed by atoms with Gasteiger partial charge in [-0.2, -0.15) is 0 Å². The second-order valence-electron chi connectivity index (χ2n) is 9.59. The van der Waals surface area contributed by atoms with Crippen molar-refractivity contribution in [3.8, 4) is 5.75 Å². The number of nitrogens with one attached hydrogen (secondary N) is 1. The summed E-state index contributed by atoms with van der Waals surface area (Å²) in [6.45, 7) is -0.168. The predicted octanol–water partition coefficient (Wildman–Crippen LogP) is 4.22. The normalized spacial score (nSPS) is 11.8. The number of carbonyl (C=O) groups is 2. The Balaban J connectivity index is 1.56. The predicted molar refractivity (Wildman–Crippen MR) is 151 cm³/mol. The number of aliphatic hydroxyl groups excluding tert-OH is 2. The number of esters is 1. The maximum atomic E-state index is 13.2. The zero-order chi connectivity index (χ0) is 28.3. The van der Waals surface area contributed by atoms with Crippen LogP contribution in [0.2, 0.25) is 0 Å². The Morgan fingerprint density at radius 2 is 1.65 bits per heavy atom. The quantitative estimate of drug-likeness (QED) is 0.160. The number of benzene rings is 3. The Kier molecular flexibility index (Phi) is 10.3. The number of rotatable bonds is 14. The Morgan fingerprint density at radius 3 is 2.30 bits per heavy atom. The van der Waals surface area contributed by atoms with Gasteiger partial charge in [-0.1, -0.05) is 60.7 Å². The van der Waals surface area contributed by atoms with Crippen LogP contribution in [0, 0.1) is 0 Å². The van der Waals surface area contributed by atoms with E-state index in [0.29, 0.717) is 53.7 Å². The summed E-state index contributed by atoms with van der Waals surface area (Å²) in [5.74, 6) is 0.181. The first-order valence-corrected chi connectivity index (χ1v) is 13.4. The van der Waals surface area contributed by atoms with Crippen LogP contribution in [0.4, 0.5) is 0 Å². The molecule has 0 fully saturated rings. The molecular formula is C32H35NO7. The molecule has 0 aliphatic rings. The van der Waals surface area contributed by atoms with Gasteiger partial charge in [-0.05, 0) is 41.7 Å². The number of methoxy groups -OCH3 is 1. The molecule has 1 amide bonds. The van der Waals surface area contributed by atoms with Crippen LogP contribution < -0.4 is 10.1 Å². The molecular weight excluding hydrogens is 510 g/mol. The van der Waals surface area contributed by atoms with Crippen LogP contribution in [0.3, 0.4) is 0 Å². The molecule has 4 rings (SSSR count). The van der Waals surface area contributed by atoms with Crippen LogP contribution in [0.15, 0.2) is 77.2 Å². The van der Waals surface area contributed by atoms with Crippen molar-refractivity contribution >= 4 is 22.8 Å². The van der Waals surface area contributed by atoms with E-state index in [1.54, 1.807) is 6.07 Å². The van der Waals surface area contributed by atoms with Gasteiger partial charge in [0, 0.05) is 31.3 Å². The Labute approximate surface area is 233 Å². The van der Waals surface area contributed by atoms with E-state index in [1.165, 1.54) is 7.11 Å². The molecule has 4 aromatic rings. The van der Waals surface area contributed by atoms with E-state index in [1.807, 2.05) is 66.7 Å². The molecule has 0 bridgehead atoms. The van der Waals surface area contributed by atoms with E-state index in [0.717, 1.165) is 16.7 Å². The average molecular weight is 546 g/mol. The first-order valence-electron chi connectivity index (χ1n) is 13.4. The molecule has 0 saturated carbocycles. The van der Waals surface area contributed by atoms with Crippen LogP contribution in [-0.2, 0) is 28.8 Å². The van der Waals surface area contributed by atoms with Gasteiger partial charge in [0.2, 0.25) is 5.91 Å². The van der Waals surface area contributed by atoms with Crippen molar-refractivity contribution in [3.63, 3.8) is 0 Å². The molecule has 0 radical (unpaired) electrons. The number of ether oxygens (including phenoxy) is 2. The van der Waals surface area contributed by atoms with Gasteiger partial charge < -0.3 is 29.4 Å². The second-order valence-corrected chi connectivity index (χ2v) is 9.59. The van der Waals surface area contributed by atoms with Gasteiger partial charge in [-0.3, -0.25) is 4.79 Å². The molecule has 1 heterocycles. The number of hydrogen-bond acceptors (Lipinski definition) is 7. The van der Waals surface area contributed by atoms with Crippen molar-refractivity contribution < 1.29 is 33.7 Å². The highest BCUT2D eigenvalue weighted by Gasteiger charge is 2.25. The molecule has 8 heteroatoms. The van der Waals surface area contributed by atoms with Crippen LogP contribution in [0.1, 0.15) is 45.7 Å². The molecule has 0 aliphatic heterocycles. The van der Waals surface area contributed by atoms with Crippen molar-refractivity contribution in [2.75, 3.05) is 26.9 Å². The van der Waals surface area contributed by atoms with E-state index < -0.39 is 5.97 Å². The SMILES string of the molecule is COc1cc(CCC(=O)N[C@H](CO)Cc2ccccc2)cc2c(C(=O)OCCCO)c(Cc3ccccc3)oc12. The fraction of sp³-hybridized carbons (Fsp3) is 0.312. The highest BCUT2D eigenvalue weighted by molar-refractivity contribution is 6.06. The molecule has 0 spiro atoms. The first-order chi connectivity index (χ1) is 19.5. The van der Waals surface area contributed by atoms with E-state index >= 15 is 0 Å². The standard InChI is InChI=1S/C32H35NO7/c1-38-28-20-24(13-14-29(36)33-25(21-35)17-22-9-4-2-5-10-22)18-26-30(32(37)39-16-8-15-34)27(40-31(26)28)19-23-11-6-3-7-12-23/h2-7,9-12,18,20,25,34-35H,8,13-17,19,21H2,1H3,(H,33,36)/t25-/m0/s1. The van der Waals surface area contributed by atoms with Crippen LogP contribution in [0.25, 0.3) is 11.0 Å². The summed E-state index contributed by atoms with van der Waals surface area (Å²) in [5.41, 5.74) is 3.53. The largest absolute Gasteiger partial charge is 0.493 e. The van der Waals surface area contributed by atoms with Gasteiger partial charge in [-0.25, -0.2) is 4.79 Å². The number of carbonyl (C=O) groups excluding carboxylic acids is 2. The number of hydrogen-bond donors (Lipinski definition) is 3. The number of furan rings is 1. The third-order valence-corrected chi connectivity index (χ3v) is 6.61. The summed E-state index contributed by atoms with van der Waals surface area (Å²) >= 11 is 0. The smallest absolute Gasteiger partial charge is 0.342 e. The second kappa shape index (κ2) is 14.3. The lowest BCUT2D eigenvalue weighted by atomic mass is 10.0. The number of amides is 1. The van der Waals surface area contributed by atoms with E-state index in [-0.39, 0.29) is 38.2 Å². The summed E-state index contributed by atoms with van der Waals surface area (Å²) < 4.78 is 17.2. The van der Waals surface area contributed by atoms with Crippen LogP contribution in [-0.4, -0.2) is 55.1 Å². The molecule has 1 aromatic heterocycles. The highest BCUT2D eigenvalue weighted by Crippen LogP contribution is 2.36. The third-order valence-electron chi connectivity index (χ3n) is 6.61. The molecule has 0 saturated heterocycles. The zero-order valence-electron chi connectivity index (χ0n) is 22.6. The molecule has 210 valence electrons. The maximum Gasteiger partial charge on any atom is 0.342 e. The Bertz CT molecular complexity index is 1400. The van der Waals surface area contributed by atoms with Gasteiger partial charge >= 0.3 is 5.97 Å². The minimum absolute atomic E-state index is 0.0821. The Morgan fingerprint density at radius 1 is 0.950 bits per heavy atom. The van der Waals surface area contributed by atoms with Crippen molar-refractivity contribution in [2.24, 2.45) is 0 Å². The fourth-order valence-corrected chi connectivity index (χ4v) is 4.62. The number of aryl methyl sites for hydroxylation is 1. The van der Waals surface area contributed by atoms with E-state index in [4.69, 9.17) is 19.0 Å². The Hall–Kier alpha value is -4.14. The summed E-state index contributed by atoms with van der Waals surface area (Å²) in [7, 11) is 1.53. The molecule has 0 unspecified atom stereocenters. The van der Waals surface area contributed by atoms with Crippen molar-refractivity contribution in [1.29, 1.82) is 0 Å². The monoisotopic (exact) mass is 545 g/mol. The number of aliphatic hydroxyl groups is 2. The summed E-state index contributed by atoms with van der Waals surface area (Å²) in [5, 5.41) is 22.3. The van der Waals surface area contributed by atoms with Crippen molar-refractivity contribution in [3.05, 3.63) is 101 Å². The van der Waals surface area contributed by atoms with Gasteiger partial charge in [0.05, 0.1) is 26.4 Å². The number of fused-ring (bicyclic) bond motifs is 1. The maximum absolute atomic E-state index is 13.2. The van der Waals surface area contributed by atoms with Crippen molar-refractivity contribution in [2.45, 2.75) is 38.1 Å². The molecule has 0 aliphatic carbocycles. The average Bonchev–Trinajstić information content (AvgIpc) is 3.34. The minimum atomic E-state index is -0.540. The minimum Gasteiger partial charge on any atom is -0.493 e. The zero-order valence-corrected chi connectivity index (χ0v) is 22.6. The lowest BCUT2D eigenvalue weighted by Gasteiger charge is -2.16. The van der Waals surface area contributed by atoms with Crippen molar-refractivity contribution in [1.82, 2.24) is 5.32 Å². The summed E-state index contributed by atoms with van der Waals surface area (Å²) in [6, 6.07) is 22.6. The van der Waals surface area contributed by atoms with Gasteiger partial charge in [0.1, 0.15) is 11.3 Å². The summed E-state index contributed by atoms with van der Waals surface area (Å²) in [6.07, 6.45) is 1.82. The molecule has 3 aromatic carbocycles. The third kappa shape index (κ3) is 7.49. The van der Waals surface area contributed by atoms with E-state index in [2.05, 4.69) is 5.32 Å².